The molecule has 10 nitrogen and oxygen atoms in total. The van der Waals surface area contributed by atoms with Gasteiger partial charge in [0.05, 0.1) is 17.9 Å². The lowest BCUT2D eigenvalue weighted by molar-refractivity contribution is -0.136. The third-order valence-corrected chi connectivity index (χ3v) is 6.09. The van der Waals surface area contributed by atoms with Crippen molar-refractivity contribution in [2.75, 3.05) is 32.1 Å². The Hall–Kier alpha value is -3.92. The first-order valence-corrected chi connectivity index (χ1v) is 11.2. The van der Waals surface area contributed by atoms with Crippen LogP contribution in [-0.2, 0) is 9.53 Å². The normalized spacial score (nSPS) is 20.9. The van der Waals surface area contributed by atoms with Gasteiger partial charge in [0.2, 0.25) is 5.88 Å². The van der Waals surface area contributed by atoms with Crippen LogP contribution in [0.2, 0.25) is 0 Å². The highest BCUT2D eigenvalue weighted by atomic mass is 16.5. The van der Waals surface area contributed by atoms with Crippen LogP contribution in [0.4, 0.5) is 11.4 Å². The summed E-state index contributed by atoms with van der Waals surface area (Å²) in [6, 6.07) is 7.67. The van der Waals surface area contributed by atoms with Crippen LogP contribution >= 0.6 is 0 Å². The molecule has 3 N–H and O–H groups in total. The molecule has 2 aliphatic rings. The van der Waals surface area contributed by atoms with Crippen molar-refractivity contribution in [2.24, 2.45) is 10.7 Å². The Morgan fingerprint density at radius 1 is 1.38 bits per heavy atom. The van der Waals surface area contributed by atoms with Crippen molar-refractivity contribution < 1.29 is 14.3 Å². The molecule has 1 amide bonds. The SMILES string of the molecule is CO[C@@H]1C[C@H]2COc3ccn4ncc(c4n3)-c3cc(N=C(C)C=CN)cc(c3)NCCN2C1=O. The van der Waals surface area contributed by atoms with Crippen LogP contribution in [0, 0.1) is 0 Å². The lowest BCUT2D eigenvalue weighted by Gasteiger charge is -2.25. The Kier molecular flexibility index (Phi) is 5.89. The van der Waals surface area contributed by atoms with E-state index in [-0.39, 0.29) is 11.9 Å². The Morgan fingerprint density at radius 2 is 2.26 bits per heavy atom. The molecule has 5 rings (SSSR count). The van der Waals surface area contributed by atoms with Crippen molar-refractivity contribution in [1.29, 1.82) is 0 Å². The molecule has 0 saturated carbocycles. The summed E-state index contributed by atoms with van der Waals surface area (Å²) in [7, 11) is 1.57. The minimum absolute atomic E-state index is 0.0188. The van der Waals surface area contributed by atoms with E-state index < -0.39 is 6.10 Å². The molecule has 3 aromatic rings. The monoisotopic (exact) mass is 461 g/mol. The average molecular weight is 462 g/mol. The van der Waals surface area contributed by atoms with Gasteiger partial charge in [0.25, 0.3) is 5.91 Å². The molecule has 4 bridgehead atoms. The van der Waals surface area contributed by atoms with E-state index in [2.05, 4.69) is 15.4 Å². The van der Waals surface area contributed by atoms with Gasteiger partial charge < -0.3 is 25.4 Å². The molecule has 4 heterocycles. The molecular weight excluding hydrogens is 434 g/mol. The molecular formula is C24H27N7O3. The molecule has 1 fully saturated rings. The quantitative estimate of drug-likeness (QED) is 0.575. The fourth-order valence-corrected chi connectivity index (χ4v) is 4.44. The minimum atomic E-state index is -0.455. The Balaban J connectivity index is 1.59. The first-order chi connectivity index (χ1) is 16.6. The van der Waals surface area contributed by atoms with Gasteiger partial charge in [-0.15, -0.1) is 0 Å². The first kappa shape index (κ1) is 21.9. The summed E-state index contributed by atoms with van der Waals surface area (Å²) in [6.07, 6.45) is 6.95. The molecule has 0 aliphatic carbocycles. The number of fused-ring (bicyclic) bond motifs is 5. The number of carbonyl (C=O) groups is 1. The summed E-state index contributed by atoms with van der Waals surface area (Å²) >= 11 is 0. The number of benzene rings is 1. The highest BCUT2D eigenvalue weighted by Crippen LogP contribution is 2.32. The number of ether oxygens (including phenoxy) is 2. The van der Waals surface area contributed by atoms with Crippen LogP contribution in [0.3, 0.4) is 0 Å². The second-order valence-corrected chi connectivity index (χ2v) is 8.36. The number of nitrogens with one attached hydrogen (secondary N) is 1. The third-order valence-electron chi connectivity index (χ3n) is 6.09. The molecule has 1 saturated heterocycles. The summed E-state index contributed by atoms with van der Waals surface area (Å²) in [4.78, 5) is 24.1. The molecule has 2 atom stereocenters. The van der Waals surface area contributed by atoms with Crippen LogP contribution in [0.15, 0.2) is 53.9 Å². The van der Waals surface area contributed by atoms with Crippen LogP contribution in [0.25, 0.3) is 16.8 Å². The number of methoxy groups -OCH3 is 1. The number of nitrogens with two attached hydrogens (primary N) is 1. The van der Waals surface area contributed by atoms with Gasteiger partial charge in [0, 0.05) is 55.8 Å². The average Bonchev–Trinajstić information content (AvgIpc) is 3.38. The summed E-state index contributed by atoms with van der Waals surface area (Å²) in [6.45, 7) is 3.33. The maximum absolute atomic E-state index is 12.8. The van der Waals surface area contributed by atoms with Crippen molar-refractivity contribution in [3.05, 3.63) is 48.9 Å². The van der Waals surface area contributed by atoms with E-state index in [9.17, 15) is 4.79 Å². The number of carbonyl (C=O) groups excluding carboxylic acids is 1. The van der Waals surface area contributed by atoms with E-state index in [1.807, 2.05) is 36.2 Å². The van der Waals surface area contributed by atoms with Gasteiger partial charge >= 0.3 is 0 Å². The number of rotatable bonds is 3. The molecule has 0 unspecified atom stereocenters. The number of anilines is 1. The van der Waals surface area contributed by atoms with Crippen molar-refractivity contribution in [1.82, 2.24) is 19.5 Å². The summed E-state index contributed by atoms with van der Waals surface area (Å²) in [5.74, 6) is 0.464. The minimum Gasteiger partial charge on any atom is -0.475 e. The zero-order valence-electron chi connectivity index (χ0n) is 19.1. The van der Waals surface area contributed by atoms with Gasteiger partial charge in [-0.05, 0) is 43.0 Å². The molecule has 0 spiro atoms. The fraction of sp³-hybridized carbons (Fsp3) is 0.333. The van der Waals surface area contributed by atoms with Gasteiger partial charge in [-0.1, -0.05) is 0 Å². The van der Waals surface area contributed by atoms with E-state index in [4.69, 9.17) is 20.2 Å². The molecule has 34 heavy (non-hydrogen) atoms. The summed E-state index contributed by atoms with van der Waals surface area (Å²) in [5, 5.41) is 7.90. The zero-order valence-corrected chi connectivity index (χ0v) is 19.1. The molecule has 10 heteroatoms. The molecule has 176 valence electrons. The second kappa shape index (κ2) is 9.14. The maximum atomic E-state index is 12.8. The molecule has 1 aromatic carbocycles. The van der Waals surface area contributed by atoms with Gasteiger partial charge in [-0.25, -0.2) is 4.52 Å². The van der Waals surface area contributed by atoms with Gasteiger partial charge in [0.15, 0.2) is 5.65 Å². The third kappa shape index (κ3) is 4.19. The number of amides is 1. The standard InChI is InChI=1S/C24H27N7O3/c1-15(3-5-25)28-18-10-16-9-17(11-18)26-6-8-30-19(12-21(33-2)24(30)32)14-34-22-4-7-31-23(29-22)20(16)13-27-31/h3-5,7,9-11,13,19,21,26H,6,8,12,14,25H2,1-2H3/t19-,21+/m0/s1. The second-order valence-electron chi connectivity index (χ2n) is 8.36. The number of allylic oxidation sites excluding steroid dienone is 1. The van der Waals surface area contributed by atoms with Crippen molar-refractivity contribution in [2.45, 2.75) is 25.5 Å². The first-order valence-electron chi connectivity index (χ1n) is 11.2. The topological polar surface area (TPSA) is 119 Å². The summed E-state index contributed by atoms with van der Waals surface area (Å²) < 4.78 is 13.1. The zero-order chi connectivity index (χ0) is 23.7. The van der Waals surface area contributed by atoms with Gasteiger partial charge in [0.1, 0.15) is 12.7 Å². The van der Waals surface area contributed by atoms with Crippen molar-refractivity contribution >= 4 is 28.6 Å². The van der Waals surface area contributed by atoms with E-state index in [1.165, 1.54) is 6.20 Å². The molecule has 2 aliphatic heterocycles. The number of aliphatic imine (C=N–C) groups is 1. The Labute approximate surface area is 197 Å². The van der Waals surface area contributed by atoms with E-state index in [0.717, 1.165) is 28.2 Å². The van der Waals surface area contributed by atoms with Crippen LogP contribution in [0.5, 0.6) is 5.88 Å². The fourth-order valence-electron chi connectivity index (χ4n) is 4.44. The Bertz CT molecular complexity index is 1280. The van der Waals surface area contributed by atoms with Gasteiger partial charge in [-0.2, -0.15) is 10.1 Å². The number of aromatic nitrogens is 3. The highest BCUT2D eigenvalue weighted by Gasteiger charge is 2.39. The van der Waals surface area contributed by atoms with Gasteiger partial charge in [-0.3, -0.25) is 9.79 Å². The van der Waals surface area contributed by atoms with Crippen LogP contribution < -0.4 is 15.8 Å². The van der Waals surface area contributed by atoms with Crippen LogP contribution in [-0.4, -0.2) is 70.1 Å². The van der Waals surface area contributed by atoms with Crippen LogP contribution in [0.1, 0.15) is 13.3 Å². The smallest absolute Gasteiger partial charge is 0.252 e. The van der Waals surface area contributed by atoms with E-state index in [1.54, 1.807) is 30.0 Å². The molecule has 0 radical (unpaired) electrons. The maximum Gasteiger partial charge on any atom is 0.252 e. The lowest BCUT2D eigenvalue weighted by Crippen LogP contribution is -2.41. The Morgan fingerprint density at radius 3 is 3.09 bits per heavy atom. The predicted octanol–water partition coefficient (Wildman–Crippen LogP) is 2.38. The number of nitrogens with zero attached hydrogens (tertiary/aromatic N) is 5. The number of hydrogen-bond acceptors (Lipinski definition) is 8. The predicted molar refractivity (Wildman–Crippen MR) is 129 cm³/mol. The highest BCUT2D eigenvalue weighted by molar-refractivity contribution is 5.95. The summed E-state index contributed by atoms with van der Waals surface area (Å²) in [5.41, 5.74) is 10.4. The lowest BCUT2D eigenvalue weighted by atomic mass is 10.1. The van der Waals surface area contributed by atoms with Crippen molar-refractivity contribution in [3.8, 4) is 17.0 Å². The largest absolute Gasteiger partial charge is 0.475 e. The molecule has 2 aromatic heterocycles. The van der Waals surface area contributed by atoms with E-state index >= 15 is 0 Å². The number of hydrogen-bond donors (Lipinski definition) is 2. The van der Waals surface area contributed by atoms with Crippen molar-refractivity contribution in [3.63, 3.8) is 0 Å². The van der Waals surface area contributed by atoms with E-state index in [0.29, 0.717) is 37.6 Å².